The summed E-state index contributed by atoms with van der Waals surface area (Å²) in [5, 5.41) is 23.2. The summed E-state index contributed by atoms with van der Waals surface area (Å²) in [6.07, 6.45) is -0.587. The van der Waals surface area contributed by atoms with Crippen molar-refractivity contribution in [3.05, 3.63) is 39.9 Å². The number of aliphatic hydroxyl groups excluding tert-OH is 1. The highest BCUT2D eigenvalue weighted by Gasteiger charge is 2.12. The molecular weight excluding hydrogens is 236 g/mol. The molecule has 0 heterocycles. The molecular formula is C12H18N2O4. The zero-order valence-corrected chi connectivity index (χ0v) is 10.5. The van der Waals surface area contributed by atoms with Crippen LogP contribution in [-0.2, 0) is 4.74 Å². The minimum absolute atomic E-state index is 0.0681. The largest absolute Gasteiger partial charge is 0.389 e. The van der Waals surface area contributed by atoms with E-state index in [0.29, 0.717) is 6.54 Å². The van der Waals surface area contributed by atoms with Crippen molar-refractivity contribution in [2.45, 2.75) is 19.1 Å². The van der Waals surface area contributed by atoms with Crippen LogP contribution in [0, 0.1) is 10.1 Å². The van der Waals surface area contributed by atoms with Gasteiger partial charge in [0, 0.05) is 31.8 Å². The Morgan fingerprint density at radius 3 is 2.89 bits per heavy atom. The van der Waals surface area contributed by atoms with Crippen LogP contribution in [0.3, 0.4) is 0 Å². The molecule has 0 aliphatic carbocycles. The number of nitrogens with one attached hydrogen (secondary N) is 1. The number of ether oxygens (including phenoxy) is 1. The molecule has 6 heteroatoms. The predicted octanol–water partition coefficient (Wildman–Crippen LogP) is 1.25. The van der Waals surface area contributed by atoms with Crippen LogP contribution in [0.1, 0.15) is 18.5 Å². The zero-order chi connectivity index (χ0) is 13.5. The van der Waals surface area contributed by atoms with Gasteiger partial charge in [0.2, 0.25) is 0 Å². The molecule has 0 amide bonds. The Kier molecular flexibility index (Phi) is 5.70. The van der Waals surface area contributed by atoms with Gasteiger partial charge in [0.05, 0.1) is 17.6 Å². The molecule has 0 bridgehead atoms. The van der Waals surface area contributed by atoms with Crippen molar-refractivity contribution in [2.24, 2.45) is 0 Å². The molecule has 1 rings (SSSR count). The molecule has 0 saturated carbocycles. The fourth-order valence-corrected chi connectivity index (χ4v) is 1.59. The van der Waals surface area contributed by atoms with Crippen molar-refractivity contribution in [1.29, 1.82) is 0 Å². The lowest BCUT2D eigenvalue weighted by Crippen LogP contribution is -2.31. The number of aliphatic hydroxyl groups is 1. The van der Waals surface area contributed by atoms with Gasteiger partial charge >= 0.3 is 0 Å². The van der Waals surface area contributed by atoms with E-state index in [-0.39, 0.29) is 18.3 Å². The maximum Gasteiger partial charge on any atom is 0.269 e. The molecule has 18 heavy (non-hydrogen) atoms. The number of hydrogen-bond donors (Lipinski definition) is 2. The normalized spacial score (nSPS) is 14.2. The van der Waals surface area contributed by atoms with Gasteiger partial charge in [-0.1, -0.05) is 12.1 Å². The van der Waals surface area contributed by atoms with Crippen LogP contribution in [0.2, 0.25) is 0 Å². The Bertz CT molecular complexity index is 397. The van der Waals surface area contributed by atoms with Crippen LogP contribution in [0.5, 0.6) is 0 Å². The van der Waals surface area contributed by atoms with E-state index in [4.69, 9.17) is 4.74 Å². The van der Waals surface area contributed by atoms with Gasteiger partial charge in [0.1, 0.15) is 0 Å². The molecule has 0 radical (unpaired) electrons. The minimum Gasteiger partial charge on any atom is -0.389 e. The van der Waals surface area contributed by atoms with E-state index < -0.39 is 11.0 Å². The van der Waals surface area contributed by atoms with Gasteiger partial charge in [0.25, 0.3) is 5.69 Å². The maximum atomic E-state index is 10.7. The van der Waals surface area contributed by atoms with Gasteiger partial charge in [-0.2, -0.15) is 0 Å². The minimum atomic E-state index is -0.587. The molecule has 100 valence electrons. The van der Waals surface area contributed by atoms with E-state index in [0.717, 1.165) is 5.56 Å². The zero-order valence-electron chi connectivity index (χ0n) is 10.5. The first kappa shape index (κ1) is 14.6. The average molecular weight is 254 g/mol. The second-order valence-corrected chi connectivity index (χ2v) is 4.09. The predicted molar refractivity (Wildman–Crippen MR) is 67.4 cm³/mol. The van der Waals surface area contributed by atoms with Crippen LogP contribution < -0.4 is 5.32 Å². The van der Waals surface area contributed by atoms with Gasteiger partial charge < -0.3 is 15.2 Å². The highest BCUT2D eigenvalue weighted by Crippen LogP contribution is 2.18. The van der Waals surface area contributed by atoms with E-state index in [2.05, 4.69) is 5.32 Å². The molecule has 2 unspecified atom stereocenters. The van der Waals surface area contributed by atoms with Crippen molar-refractivity contribution in [1.82, 2.24) is 5.32 Å². The number of non-ortho nitro benzene ring substituents is 1. The smallest absolute Gasteiger partial charge is 0.269 e. The molecule has 2 N–H and O–H groups in total. The third-order valence-corrected chi connectivity index (χ3v) is 2.60. The van der Waals surface area contributed by atoms with Crippen molar-refractivity contribution in [3.63, 3.8) is 0 Å². The molecule has 6 nitrogen and oxygen atoms in total. The van der Waals surface area contributed by atoms with Crippen molar-refractivity contribution < 1.29 is 14.8 Å². The molecule has 0 aromatic heterocycles. The summed E-state index contributed by atoms with van der Waals surface area (Å²) in [7, 11) is 1.52. The number of nitro groups is 1. The summed E-state index contributed by atoms with van der Waals surface area (Å²) in [6.45, 7) is 2.52. The molecule has 1 aromatic carbocycles. The number of methoxy groups -OCH3 is 1. The van der Waals surface area contributed by atoms with E-state index in [1.807, 2.05) is 13.0 Å². The summed E-state index contributed by atoms with van der Waals surface area (Å²) < 4.78 is 4.81. The molecule has 0 aliphatic heterocycles. The molecule has 0 saturated heterocycles. The SMILES string of the molecule is COCC(O)CNC(C)c1cccc([N+](=O)[O-])c1. The lowest BCUT2D eigenvalue weighted by molar-refractivity contribution is -0.384. The van der Waals surface area contributed by atoms with Crippen LogP contribution in [-0.4, -0.2) is 36.4 Å². The second-order valence-electron chi connectivity index (χ2n) is 4.09. The summed E-state index contributed by atoms with van der Waals surface area (Å²) in [6, 6.07) is 6.37. The Morgan fingerprint density at radius 2 is 2.28 bits per heavy atom. The van der Waals surface area contributed by atoms with Gasteiger partial charge in [-0.15, -0.1) is 0 Å². The van der Waals surface area contributed by atoms with E-state index in [1.165, 1.54) is 19.2 Å². The summed E-state index contributed by atoms with van der Waals surface area (Å²) in [4.78, 5) is 10.2. The number of rotatable bonds is 7. The fourth-order valence-electron chi connectivity index (χ4n) is 1.59. The number of hydrogen-bond acceptors (Lipinski definition) is 5. The number of nitro benzene ring substituents is 1. The van der Waals surface area contributed by atoms with Crippen LogP contribution in [0.15, 0.2) is 24.3 Å². The number of benzene rings is 1. The highest BCUT2D eigenvalue weighted by atomic mass is 16.6. The van der Waals surface area contributed by atoms with Crippen LogP contribution in [0.4, 0.5) is 5.69 Å². The molecule has 2 atom stereocenters. The lowest BCUT2D eigenvalue weighted by Gasteiger charge is -2.16. The van der Waals surface area contributed by atoms with Crippen LogP contribution in [0.25, 0.3) is 0 Å². The Labute approximate surface area is 106 Å². The molecule has 0 aliphatic rings. The van der Waals surface area contributed by atoms with Crippen LogP contribution >= 0.6 is 0 Å². The van der Waals surface area contributed by atoms with Crippen molar-refractivity contribution in [3.8, 4) is 0 Å². The van der Waals surface area contributed by atoms with Gasteiger partial charge in [0.15, 0.2) is 0 Å². The first-order valence-corrected chi connectivity index (χ1v) is 5.69. The quantitative estimate of drug-likeness (QED) is 0.565. The van der Waals surface area contributed by atoms with Gasteiger partial charge in [-0.05, 0) is 12.5 Å². The summed E-state index contributed by atoms with van der Waals surface area (Å²) in [5.41, 5.74) is 0.882. The van der Waals surface area contributed by atoms with Crippen molar-refractivity contribution >= 4 is 5.69 Å². The van der Waals surface area contributed by atoms with Gasteiger partial charge in [-0.3, -0.25) is 10.1 Å². The third-order valence-electron chi connectivity index (χ3n) is 2.60. The Morgan fingerprint density at radius 1 is 1.56 bits per heavy atom. The average Bonchev–Trinajstić information content (AvgIpc) is 2.36. The van der Waals surface area contributed by atoms with E-state index in [9.17, 15) is 15.2 Å². The first-order valence-electron chi connectivity index (χ1n) is 5.69. The summed E-state index contributed by atoms with van der Waals surface area (Å²) >= 11 is 0. The highest BCUT2D eigenvalue weighted by molar-refractivity contribution is 5.35. The Hall–Kier alpha value is -1.50. The van der Waals surface area contributed by atoms with E-state index >= 15 is 0 Å². The topological polar surface area (TPSA) is 84.6 Å². The fraction of sp³-hybridized carbons (Fsp3) is 0.500. The molecule has 1 aromatic rings. The van der Waals surface area contributed by atoms with Gasteiger partial charge in [-0.25, -0.2) is 0 Å². The first-order chi connectivity index (χ1) is 8.54. The number of nitrogens with zero attached hydrogens (tertiary/aromatic N) is 1. The van der Waals surface area contributed by atoms with Crippen molar-refractivity contribution in [2.75, 3.05) is 20.3 Å². The molecule has 0 fully saturated rings. The lowest BCUT2D eigenvalue weighted by atomic mass is 10.1. The van der Waals surface area contributed by atoms with E-state index in [1.54, 1.807) is 6.07 Å². The second kappa shape index (κ2) is 7.05. The standard InChI is InChI=1S/C12H18N2O4/c1-9(13-7-12(15)8-18-2)10-4-3-5-11(6-10)14(16)17/h3-6,9,12-13,15H,7-8H2,1-2H3. The Balaban J connectivity index is 2.58. The maximum absolute atomic E-state index is 10.7. The third kappa shape index (κ3) is 4.40. The summed E-state index contributed by atoms with van der Waals surface area (Å²) in [5.74, 6) is 0. The monoisotopic (exact) mass is 254 g/mol. The molecule has 0 spiro atoms.